The molecule has 0 spiro atoms. The summed E-state index contributed by atoms with van der Waals surface area (Å²) in [5.74, 6) is 0. The first-order valence-corrected chi connectivity index (χ1v) is 13.5. The number of nitrogens with zero attached hydrogens (tertiary/aromatic N) is 3. The molecule has 4 heteroatoms. The van der Waals surface area contributed by atoms with Crippen LogP contribution in [0.25, 0.3) is 70.3 Å². The summed E-state index contributed by atoms with van der Waals surface area (Å²) in [6.07, 6.45) is 1.84. The van der Waals surface area contributed by atoms with E-state index in [9.17, 15) is 0 Å². The van der Waals surface area contributed by atoms with E-state index in [1.807, 2.05) is 41.8 Å². The maximum Gasteiger partial charge on any atom is 0.0985 e. The van der Waals surface area contributed by atoms with Crippen LogP contribution in [0.4, 0.5) is 0 Å². The third-order valence-electron chi connectivity index (χ3n) is 7.27. The fourth-order valence-corrected chi connectivity index (χ4v) is 6.75. The van der Waals surface area contributed by atoms with Crippen molar-refractivity contribution in [3.63, 3.8) is 0 Å². The van der Waals surface area contributed by atoms with Crippen LogP contribution >= 0.6 is 11.3 Å². The predicted molar refractivity (Wildman–Crippen MR) is 160 cm³/mol. The van der Waals surface area contributed by atoms with Crippen LogP contribution in [0, 0.1) is 0 Å². The van der Waals surface area contributed by atoms with Gasteiger partial charge in [-0.15, -0.1) is 11.3 Å². The van der Waals surface area contributed by atoms with E-state index in [2.05, 4.69) is 107 Å². The molecular formula is C34H21N3S. The number of rotatable bonds is 3. The predicted octanol–water partition coefficient (Wildman–Crippen LogP) is 9.28. The first kappa shape index (κ1) is 21.3. The van der Waals surface area contributed by atoms with Gasteiger partial charge in [-0.2, -0.15) is 0 Å². The summed E-state index contributed by atoms with van der Waals surface area (Å²) in [4.78, 5) is 9.80. The van der Waals surface area contributed by atoms with Gasteiger partial charge >= 0.3 is 0 Å². The number of hydrogen-bond acceptors (Lipinski definition) is 3. The van der Waals surface area contributed by atoms with Crippen molar-refractivity contribution in [1.29, 1.82) is 0 Å². The highest BCUT2D eigenvalue weighted by Crippen LogP contribution is 2.43. The molecule has 0 aliphatic heterocycles. The molecule has 0 aliphatic rings. The van der Waals surface area contributed by atoms with Crippen molar-refractivity contribution in [1.82, 2.24) is 14.5 Å². The van der Waals surface area contributed by atoms with Crippen LogP contribution < -0.4 is 0 Å². The molecule has 3 nitrogen and oxygen atoms in total. The first-order valence-electron chi connectivity index (χ1n) is 12.7. The molecule has 0 amide bonds. The fourth-order valence-electron chi connectivity index (χ4n) is 5.50. The van der Waals surface area contributed by atoms with Gasteiger partial charge in [-0.1, -0.05) is 72.8 Å². The van der Waals surface area contributed by atoms with Gasteiger partial charge in [0.05, 0.1) is 27.9 Å². The number of benzene rings is 4. The lowest BCUT2D eigenvalue weighted by atomic mass is 10.1. The van der Waals surface area contributed by atoms with Gasteiger partial charge in [0, 0.05) is 48.6 Å². The van der Waals surface area contributed by atoms with E-state index in [1.165, 1.54) is 31.1 Å². The molecule has 4 aromatic heterocycles. The molecular weight excluding hydrogens is 482 g/mol. The van der Waals surface area contributed by atoms with E-state index in [0.29, 0.717) is 0 Å². The minimum Gasteiger partial charge on any atom is -0.308 e. The normalized spacial score (nSPS) is 11.7. The Kier molecular flexibility index (Phi) is 4.69. The Morgan fingerprint density at radius 2 is 1.32 bits per heavy atom. The molecule has 4 aromatic carbocycles. The number of pyridine rings is 2. The number of fused-ring (bicyclic) bond motifs is 7. The summed E-state index contributed by atoms with van der Waals surface area (Å²) < 4.78 is 4.93. The Hall–Kier alpha value is -4.80. The van der Waals surface area contributed by atoms with Crippen LogP contribution in [0.1, 0.15) is 0 Å². The molecule has 8 rings (SSSR count). The maximum atomic E-state index is 5.28. The lowest BCUT2D eigenvalue weighted by Gasteiger charge is -2.09. The number of aromatic nitrogens is 3. The molecule has 0 bridgehead atoms. The molecule has 0 saturated carbocycles. The van der Waals surface area contributed by atoms with Gasteiger partial charge in [-0.25, -0.2) is 4.98 Å². The summed E-state index contributed by atoms with van der Waals surface area (Å²) in [5, 5.41) is 3.80. The van der Waals surface area contributed by atoms with Crippen LogP contribution in [0.3, 0.4) is 0 Å². The second kappa shape index (κ2) is 8.37. The van der Waals surface area contributed by atoms with Crippen LogP contribution in [-0.2, 0) is 0 Å². The topological polar surface area (TPSA) is 30.7 Å². The van der Waals surface area contributed by atoms with Crippen molar-refractivity contribution in [2.75, 3.05) is 0 Å². The summed E-state index contributed by atoms with van der Waals surface area (Å²) in [6.45, 7) is 0. The molecule has 0 atom stereocenters. The monoisotopic (exact) mass is 503 g/mol. The molecule has 4 heterocycles. The van der Waals surface area contributed by atoms with Gasteiger partial charge in [0.15, 0.2) is 0 Å². The van der Waals surface area contributed by atoms with Crippen LogP contribution in [0.2, 0.25) is 0 Å². The van der Waals surface area contributed by atoms with Gasteiger partial charge in [0.1, 0.15) is 0 Å². The van der Waals surface area contributed by atoms with E-state index in [-0.39, 0.29) is 0 Å². The van der Waals surface area contributed by atoms with Crippen molar-refractivity contribution >= 4 is 53.4 Å². The average Bonchev–Trinajstić information content (AvgIpc) is 3.53. The SMILES string of the molecule is c1ccc(-c2ccc3c(n2)c2c4sc5ccccc5c4ccc2n3-c2ccc(-c3ccccn3)cc2)cc1. The van der Waals surface area contributed by atoms with Gasteiger partial charge in [-0.3, -0.25) is 4.98 Å². The Morgan fingerprint density at radius 3 is 2.16 bits per heavy atom. The van der Waals surface area contributed by atoms with Crippen LogP contribution in [0.5, 0.6) is 0 Å². The molecule has 0 saturated heterocycles. The third-order valence-corrected chi connectivity index (χ3v) is 8.48. The Morgan fingerprint density at radius 1 is 0.553 bits per heavy atom. The van der Waals surface area contributed by atoms with Gasteiger partial charge < -0.3 is 4.57 Å². The van der Waals surface area contributed by atoms with Gasteiger partial charge in [-0.05, 0) is 48.5 Å². The molecule has 0 aliphatic carbocycles. The Bertz CT molecular complexity index is 2110. The molecule has 0 fully saturated rings. The number of hydrogen-bond donors (Lipinski definition) is 0. The summed E-state index contributed by atoms with van der Waals surface area (Å²) >= 11 is 1.85. The maximum absolute atomic E-state index is 5.28. The quantitative estimate of drug-likeness (QED) is 0.240. The zero-order valence-electron chi connectivity index (χ0n) is 20.4. The van der Waals surface area contributed by atoms with E-state index >= 15 is 0 Å². The summed E-state index contributed by atoms with van der Waals surface area (Å²) in [5.41, 5.74) is 8.61. The highest BCUT2D eigenvalue weighted by atomic mass is 32.1. The Labute approximate surface area is 223 Å². The van der Waals surface area contributed by atoms with E-state index in [0.717, 1.165) is 39.2 Å². The minimum absolute atomic E-state index is 0.974. The second-order valence-electron chi connectivity index (χ2n) is 9.46. The van der Waals surface area contributed by atoms with Crippen molar-refractivity contribution in [3.05, 3.63) is 128 Å². The van der Waals surface area contributed by atoms with E-state index < -0.39 is 0 Å². The van der Waals surface area contributed by atoms with Crippen molar-refractivity contribution in [2.45, 2.75) is 0 Å². The molecule has 0 radical (unpaired) electrons. The van der Waals surface area contributed by atoms with E-state index in [4.69, 9.17) is 4.98 Å². The third kappa shape index (κ3) is 3.21. The van der Waals surface area contributed by atoms with Crippen LogP contribution in [-0.4, -0.2) is 14.5 Å². The summed E-state index contributed by atoms with van der Waals surface area (Å²) in [6, 6.07) is 42.7. The standard InChI is InChI=1S/C34H21N3S/c1-2-8-22(9-3-1)28-18-20-30-33(36-28)32-29(19-17-26-25-10-4-5-12-31(25)38-34(26)32)37(30)24-15-13-23(14-16-24)27-11-6-7-21-35-27/h1-21H. The molecule has 8 aromatic rings. The second-order valence-corrected chi connectivity index (χ2v) is 10.5. The largest absolute Gasteiger partial charge is 0.308 e. The molecule has 38 heavy (non-hydrogen) atoms. The van der Waals surface area contributed by atoms with E-state index in [1.54, 1.807) is 0 Å². The lowest BCUT2D eigenvalue weighted by molar-refractivity contribution is 1.17. The lowest BCUT2D eigenvalue weighted by Crippen LogP contribution is -1.94. The molecule has 0 N–H and O–H groups in total. The zero-order chi connectivity index (χ0) is 25.1. The number of thiophene rings is 1. The van der Waals surface area contributed by atoms with Crippen molar-refractivity contribution < 1.29 is 0 Å². The fraction of sp³-hybridized carbons (Fsp3) is 0. The van der Waals surface area contributed by atoms with Gasteiger partial charge in [0.2, 0.25) is 0 Å². The van der Waals surface area contributed by atoms with Crippen molar-refractivity contribution in [3.8, 4) is 28.2 Å². The Balaban J connectivity index is 1.44. The van der Waals surface area contributed by atoms with Gasteiger partial charge in [0.25, 0.3) is 0 Å². The molecule has 0 unspecified atom stereocenters. The zero-order valence-corrected chi connectivity index (χ0v) is 21.2. The minimum atomic E-state index is 0.974. The highest BCUT2D eigenvalue weighted by Gasteiger charge is 2.19. The summed E-state index contributed by atoms with van der Waals surface area (Å²) in [7, 11) is 0. The first-order chi connectivity index (χ1) is 18.8. The van der Waals surface area contributed by atoms with Crippen molar-refractivity contribution in [2.24, 2.45) is 0 Å². The molecule has 178 valence electrons. The average molecular weight is 504 g/mol. The highest BCUT2D eigenvalue weighted by molar-refractivity contribution is 7.26. The smallest absolute Gasteiger partial charge is 0.0985 e. The van der Waals surface area contributed by atoms with Crippen LogP contribution in [0.15, 0.2) is 128 Å².